The fourth-order valence-electron chi connectivity index (χ4n) is 2.94. The van der Waals surface area contributed by atoms with Crippen molar-refractivity contribution in [3.63, 3.8) is 0 Å². The number of nitrogens with zero attached hydrogens (tertiary/aromatic N) is 2. The number of aliphatic carboxylic acids is 1. The molecular formula is C22H21F5N4O5S. The van der Waals surface area contributed by atoms with Crippen molar-refractivity contribution in [1.29, 1.82) is 0 Å². The minimum Gasteiger partial charge on any atom is -0.475 e. The van der Waals surface area contributed by atoms with Crippen molar-refractivity contribution in [1.82, 2.24) is 14.8 Å². The van der Waals surface area contributed by atoms with Gasteiger partial charge in [-0.2, -0.15) is 27.1 Å². The summed E-state index contributed by atoms with van der Waals surface area (Å²) in [6.45, 7) is -0.167. The van der Waals surface area contributed by atoms with Crippen LogP contribution in [0, 0.1) is 0 Å². The van der Waals surface area contributed by atoms with Crippen LogP contribution in [-0.4, -0.2) is 53.2 Å². The number of H-pyrrole nitrogens is 1. The van der Waals surface area contributed by atoms with Gasteiger partial charge in [-0.05, 0) is 28.8 Å². The molecule has 15 heteroatoms. The van der Waals surface area contributed by atoms with Gasteiger partial charge in [0.05, 0.1) is 11.4 Å². The molecule has 0 amide bonds. The van der Waals surface area contributed by atoms with Crippen LogP contribution >= 0.6 is 0 Å². The van der Waals surface area contributed by atoms with Crippen molar-refractivity contribution in [2.45, 2.75) is 24.0 Å². The van der Waals surface area contributed by atoms with Crippen molar-refractivity contribution in [2.24, 2.45) is 5.73 Å². The van der Waals surface area contributed by atoms with Crippen LogP contribution in [-0.2, 0) is 27.6 Å². The molecule has 2 aromatic carbocycles. The molecular weight excluding hydrogens is 527 g/mol. The van der Waals surface area contributed by atoms with Crippen LogP contribution in [0.4, 0.5) is 22.0 Å². The van der Waals surface area contributed by atoms with E-state index in [0.717, 1.165) is 22.9 Å². The number of aromatic amines is 1. The van der Waals surface area contributed by atoms with Gasteiger partial charge in [0.2, 0.25) is 0 Å². The van der Waals surface area contributed by atoms with E-state index in [0.29, 0.717) is 0 Å². The molecule has 0 bridgehead atoms. The zero-order valence-electron chi connectivity index (χ0n) is 19.1. The number of nitrogens with one attached hydrogen (secondary N) is 1. The molecule has 1 heterocycles. The number of aromatic nitrogens is 3. The smallest absolute Gasteiger partial charge is 0.475 e. The van der Waals surface area contributed by atoms with E-state index in [9.17, 15) is 35.2 Å². The number of carboxylic acid groups (broad SMARTS) is 1. The number of benzene rings is 2. The van der Waals surface area contributed by atoms with Crippen LogP contribution < -0.4 is 11.4 Å². The Morgan fingerprint density at radius 2 is 1.54 bits per heavy atom. The normalized spacial score (nSPS) is 11.4. The zero-order valence-corrected chi connectivity index (χ0v) is 19.9. The molecule has 0 saturated carbocycles. The van der Waals surface area contributed by atoms with E-state index in [-0.39, 0.29) is 35.8 Å². The van der Waals surface area contributed by atoms with Gasteiger partial charge < -0.3 is 10.8 Å². The quantitative estimate of drug-likeness (QED) is 0.385. The number of halogens is 5. The number of sulfone groups is 1. The van der Waals surface area contributed by atoms with Crippen molar-refractivity contribution < 1.29 is 40.3 Å². The summed E-state index contributed by atoms with van der Waals surface area (Å²) in [6, 6.07) is 13.8. The first kappa shape index (κ1) is 29.4. The second-order valence-corrected chi connectivity index (χ2v) is 9.59. The van der Waals surface area contributed by atoms with E-state index >= 15 is 0 Å². The number of rotatable bonds is 7. The Kier molecular flexibility index (Phi) is 9.47. The average molecular weight is 548 g/mol. The Bertz CT molecular complexity index is 1420. The molecule has 37 heavy (non-hydrogen) atoms. The lowest BCUT2D eigenvalue weighted by Gasteiger charge is -2.09. The molecule has 3 rings (SSSR count). The summed E-state index contributed by atoms with van der Waals surface area (Å²) in [7, 11) is -3.26. The maximum absolute atomic E-state index is 12.9. The van der Waals surface area contributed by atoms with E-state index in [1.54, 1.807) is 36.4 Å². The Hall–Kier alpha value is -3.85. The maximum atomic E-state index is 12.9. The lowest BCUT2D eigenvalue weighted by molar-refractivity contribution is -0.192. The SMILES string of the molecule is CS(=O)(=O)c1ccc(-c2ccc(Cn3c(CC(CN)=C(F)F)n[nH]c3=O)cc2)cc1.O=C(O)C(F)(F)F. The van der Waals surface area contributed by atoms with Gasteiger partial charge in [-0.1, -0.05) is 36.4 Å². The molecule has 3 aromatic rings. The molecule has 0 aliphatic carbocycles. The van der Waals surface area contributed by atoms with Crippen LogP contribution in [0.1, 0.15) is 11.4 Å². The minimum absolute atomic E-state index is 0.156. The van der Waals surface area contributed by atoms with E-state index in [4.69, 9.17) is 15.6 Å². The highest BCUT2D eigenvalue weighted by molar-refractivity contribution is 7.90. The number of hydrogen-bond acceptors (Lipinski definition) is 6. The number of nitrogens with two attached hydrogens (primary N) is 1. The number of carboxylic acids is 1. The number of alkyl halides is 3. The Balaban J connectivity index is 0.000000604. The second kappa shape index (κ2) is 11.9. The third kappa shape index (κ3) is 8.35. The summed E-state index contributed by atoms with van der Waals surface area (Å²) in [5, 5.41) is 13.2. The Labute approximate surface area is 207 Å². The fraction of sp³-hybridized carbons (Fsp3) is 0.227. The topological polar surface area (TPSA) is 148 Å². The highest BCUT2D eigenvalue weighted by Crippen LogP contribution is 2.22. The molecule has 0 spiro atoms. The van der Waals surface area contributed by atoms with Crippen LogP contribution in [0.2, 0.25) is 0 Å². The van der Waals surface area contributed by atoms with Gasteiger partial charge in [-0.3, -0.25) is 4.57 Å². The first-order chi connectivity index (χ1) is 17.1. The lowest BCUT2D eigenvalue weighted by Crippen LogP contribution is -2.21. The summed E-state index contributed by atoms with van der Waals surface area (Å²) >= 11 is 0. The van der Waals surface area contributed by atoms with E-state index in [1.807, 2.05) is 12.1 Å². The average Bonchev–Trinajstić information content (AvgIpc) is 3.16. The summed E-state index contributed by atoms with van der Waals surface area (Å²) in [4.78, 5) is 21.2. The molecule has 0 atom stereocenters. The van der Waals surface area contributed by atoms with Crippen molar-refractivity contribution in [2.75, 3.05) is 12.8 Å². The molecule has 0 radical (unpaired) electrons. The molecule has 9 nitrogen and oxygen atoms in total. The number of hydrogen-bond donors (Lipinski definition) is 3. The number of carbonyl (C=O) groups is 1. The van der Waals surface area contributed by atoms with E-state index in [1.165, 1.54) is 4.57 Å². The molecule has 0 fully saturated rings. The van der Waals surface area contributed by atoms with Crippen molar-refractivity contribution in [3.05, 3.63) is 82.1 Å². The minimum atomic E-state index is -5.08. The molecule has 200 valence electrons. The van der Waals surface area contributed by atoms with Gasteiger partial charge in [0.15, 0.2) is 9.84 Å². The third-order valence-corrected chi connectivity index (χ3v) is 6.00. The predicted octanol–water partition coefficient (Wildman–Crippen LogP) is 2.98. The molecule has 0 aliphatic rings. The van der Waals surface area contributed by atoms with Gasteiger partial charge >= 0.3 is 17.8 Å². The first-order valence-corrected chi connectivity index (χ1v) is 12.1. The monoisotopic (exact) mass is 548 g/mol. The molecule has 0 saturated heterocycles. The van der Waals surface area contributed by atoms with Crippen LogP contribution in [0.5, 0.6) is 0 Å². The standard InChI is InChI=1S/C20H20F2N4O3S.C2HF3O2/c1-30(28,29)17-8-6-15(7-9-17)14-4-2-13(3-5-14)12-26-18(24-25-20(26)27)10-16(11-23)19(21)22;3-2(4,5)1(6)7/h2-9H,10-12,23H2,1H3,(H,25,27);(H,6,7). The third-order valence-electron chi connectivity index (χ3n) is 4.88. The van der Waals surface area contributed by atoms with Crippen molar-refractivity contribution in [3.8, 4) is 11.1 Å². The van der Waals surface area contributed by atoms with Gasteiger partial charge in [-0.25, -0.2) is 23.1 Å². The summed E-state index contributed by atoms with van der Waals surface area (Å²) < 4.78 is 81.9. The van der Waals surface area contributed by atoms with Gasteiger partial charge in [-0.15, -0.1) is 0 Å². The summed E-state index contributed by atoms with van der Waals surface area (Å²) in [5.74, 6) is -2.58. The molecule has 1 aromatic heterocycles. The summed E-state index contributed by atoms with van der Waals surface area (Å²) in [6.07, 6.45) is -6.02. The lowest BCUT2D eigenvalue weighted by atomic mass is 10.0. The first-order valence-electron chi connectivity index (χ1n) is 10.2. The van der Waals surface area contributed by atoms with Gasteiger partial charge in [0.25, 0.3) is 6.08 Å². The van der Waals surface area contributed by atoms with Crippen LogP contribution in [0.15, 0.2) is 69.9 Å². The Morgan fingerprint density at radius 3 is 1.95 bits per heavy atom. The van der Waals surface area contributed by atoms with E-state index in [2.05, 4.69) is 10.2 Å². The summed E-state index contributed by atoms with van der Waals surface area (Å²) in [5.41, 5.74) is 7.05. The Morgan fingerprint density at radius 1 is 1.05 bits per heavy atom. The van der Waals surface area contributed by atoms with Crippen LogP contribution in [0.25, 0.3) is 11.1 Å². The zero-order chi connectivity index (χ0) is 28.0. The van der Waals surface area contributed by atoms with Crippen LogP contribution in [0.3, 0.4) is 0 Å². The predicted molar refractivity (Wildman–Crippen MR) is 123 cm³/mol. The fourth-order valence-corrected chi connectivity index (χ4v) is 3.57. The van der Waals surface area contributed by atoms with Gasteiger partial charge in [0, 0.05) is 24.8 Å². The van der Waals surface area contributed by atoms with Gasteiger partial charge in [0.1, 0.15) is 5.82 Å². The molecule has 0 unspecified atom stereocenters. The second-order valence-electron chi connectivity index (χ2n) is 7.57. The largest absolute Gasteiger partial charge is 0.490 e. The maximum Gasteiger partial charge on any atom is 0.490 e. The molecule has 0 aliphatic heterocycles. The van der Waals surface area contributed by atoms with E-state index < -0.39 is 33.8 Å². The van der Waals surface area contributed by atoms with Crippen molar-refractivity contribution >= 4 is 15.8 Å². The highest BCUT2D eigenvalue weighted by Gasteiger charge is 2.38. The highest BCUT2D eigenvalue weighted by atomic mass is 32.2. The molecule has 4 N–H and O–H groups in total.